The summed E-state index contributed by atoms with van der Waals surface area (Å²) in [5.74, 6) is 0.172. The van der Waals surface area contributed by atoms with E-state index in [1.807, 2.05) is 43.7 Å². The molecule has 1 aromatic carbocycles. The Hall–Kier alpha value is -1.04. The molecule has 0 unspecified atom stereocenters. The molecule has 106 valence electrons. The molecule has 0 saturated heterocycles. The summed E-state index contributed by atoms with van der Waals surface area (Å²) in [4.78, 5) is 19.8. The van der Waals surface area contributed by atoms with Gasteiger partial charge in [-0.1, -0.05) is 34.1 Å². The monoisotopic (exact) mass is 352 g/mol. The van der Waals surface area contributed by atoms with E-state index in [2.05, 4.69) is 25.8 Å². The van der Waals surface area contributed by atoms with E-state index in [1.54, 1.807) is 11.3 Å². The second-order valence-electron chi connectivity index (χ2n) is 4.75. The van der Waals surface area contributed by atoms with E-state index in [-0.39, 0.29) is 5.78 Å². The zero-order valence-electron chi connectivity index (χ0n) is 11.6. The minimum absolute atomic E-state index is 0.172. The fourth-order valence-corrected chi connectivity index (χ4v) is 3.28. The van der Waals surface area contributed by atoms with E-state index in [0.29, 0.717) is 6.42 Å². The Morgan fingerprint density at radius 2 is 2.15 bits per heavy atom. The Kier molecular flexibility index (Phi) is 5.46. The molecule has 0 bridgehead atoms. The highest BCUT2D eigenvalue weighted by molar-refractivity contribution is 9.10. The standard InChI is InChI=1S/C15H17BrN2OS/c1-11-15(20-10-17-11)9-18(2)8-7-14(19)12-5-3-4-6-13(12)16/h3-6,10H,7-9H2,1-2H3. The molecule has 2 rings (SSSR count). The maximum atomic E-state index is 12.2. The maximum absolute atomic E-state index is 12.2. The third kappa shape index (κ3) is 3.98. The number of carbonyl (C=O) groups is 1. The van der Waals surface area contributed by atoms with Crippen LogP contribution >= 0.6 is 27.3 Å². The SMILES string of the molecule is Cc1ncsc1CN(C)CCC(=O)c1ccccc1Br. The highest BCUT2D eigenvalue weighted by atomic mass is 79.9. The number of thiazole rings is 1. The third-order valence-corrected chi connectivity index (χ3v) is 4.76. The summed E-state index contributed by atoms with van der Waals surface area (Å²) in [6.07, 6.45) is 0.525. The predicted molar refractivity (Wildman–Crippen MR) is 86.3 cm³/mol. The van der Waals surface area contributed by atoms with Gasteiger partial charge in [0.15, 0.2) is 5.78 Å². The van der Waals surface area contributed by atoms with E-state index in [0.717, 1.165) is 28.8 Å². The molecule has 0 N–H and O–H groups in total. The Balaban J connectivity index is 1.87. The lowest BCUT2D eigenvalue weighted by Gasteiger charge is -2.15. The van der Waals surface area contributed by atoms with Gasteiger partial charge in [0.05, 0.1) is 11.2 Å². The first-order valence-corrected chi connectivity index (χ1v) is 8.10. The number of aromatic nitrogens is 1. The molecule has 0 atom stereocenters. The Morgan fingerprint density at radius 3 is 2.80 bits per heavy atom. The van der Waals surface area contributed by atoms with Gasteiger partial charge >= 0.3 is 0 Å². The molecule has 0 saturated carbocycles. The summed E-state index contributed by atoms with van der Waals surface area (Å²) in [6.45, 7) is 3.61. The molecule has 0 aliphatic heterocycles. The highest BCUT2D eigenvalue weighted by Crippen LogP contribution is 2.18. The van der Waals surface area contributed by atoms with E-state index in [4.69, 9.17) is 0 Å². The van der Waals surface area contributed by atoms with Crippen LogP contribution in [0.15, 0.2) is 34.2 Å². The van der Waals surface area contributed by atoms with Crippen molar-refractivity contribution in [3.8, 4) is 0 Å². The fraction of sp³-hybridized carbons (Fsp3) is 0.333. The van der Waals surface area contributed by atoms with Gasteiger partial charge in [-0.3, -0.25) is 4.79 Å². The molecule has 5 heteroatoms. The molecule has 0 aliphatic rings. The molecule has 2 aromatic rings. The molecule has 0 spiro atoms. The predicted octanol–water partition coefficient (Wildman–Crippen LogP) is 3.92. The number of carbonyl (C=O) groups excluding carboxylic acids is 1. The van der Waals surface area contributed by atoms with E-state index >= 15 is 0 Å². The van der Waals surface area contributed by atoms with Gasteiger partial charge < -0.3 is 4.90 Å². The number of Topliss-reactive ketones (excluding diaryl/α,β-unsaturated/α-hetero) is 1. The lowest BCUT2D eigenvalue weighted by molar-refractivity contribution is 0.0967. The Bertz CT molecular complexity index is 597. The number of rotatable bonds is 6. The number of halogens is 1. The lowest BCUT2D eigenvalue weighted by Crippen LogP contribution is -2.21. The van der Waals surface area contributed by atoms with Crippen molar-refractivity contribution in [2.24, 2.45) is 0 Å². The van der Waals surface area contributed by atoms with Crippen molar-refractivity contribution in [3.05, 3.63) is 50.4 Å². The molecule has 3 nitrogen and oxygen atoms in total. The zero-order valence-corrected chi connectivity index (χ0v) is 14.0. The lowest BCUT2D eigenvalue weighted by atomic mass is 10.1. The number of ketones is 1. The summed E-state index contributed by atoms with van der Waals surface area (Å²) >= 11 is 5.09. The normalized spacial score (nSPS) is 11.0. The molecule has 0 amide bonds. The first-order chi connectivity index (χ1) is 9.58. The molecule has 0 radical (unpaired) electrons. The summed E-state index contributed by atoms with van der Waals surface area (Å²) in [5.41, 5.74) is 3.71. The summed E-state index contributed by atoms with van der Waals surface area (Å²) in [5, 5.41) is 0. The minimum atomic E-state index is 0.172. The van der Waals surface area contributed by atoms with Gasteiger partial charge in [-0.05, 0) is 20.0 Å². The first-order valence-electron chi connectivity index (χ1n) is 6.43. The molecular formula is C15H17BrN2OS. The second-order valence-corrected chi connectivity index (χ2v) is 6.55. The van der Waals surface area contributed by atoms with E-state index in [9.17, 15) is 4.79 Å². The average Bonchev–Trinajstić information content (AvgIpc) is 2.82. The van der Waals surface area contributed by atoms with Crippen LogP contribution in [0.4, 0.5) is 0 Å². The number of hydrogen-bond acceptors (Lipinski definition) is 4. The van der Waals surface area contributed by atoms with Crippen LogP contribution in [-0.4, -0.2) is 29.3 Å². The van der Waals surface area contributed by atoms with Crippen LogP contribution in [0, 0.1) is 6.92 Å². The molecule has 0 fully saturated rings. The molecule has 1 aromatic heterocycles. The van der Waals surface area contributed by atoms with Crippen LogP contribution < -0.4 is 0 Å². The van der Waals surface area contributed by atoms with Crippen LogP contribution in [0.2, 0.25) is 0 Å². The van der Waals surface area contributed by atoms with Crippen LogP contribution in [0.3, 0.4) is 0 Å². The smallest absolute Gasteiger partial charge is 0.165 e. The van der Waals surface area contributed by atoms with Crippen LogP contribution in [0.5, 0.6) is 0 Å². The zero-order chi connectivity index (χ0) is 14.5. The van der Waals surface area contributed by atoms with Crippen molar-refractivity contribution in [1.29, 1.82) is 0 Å². The van der Waals surface area contributed by atoms with Crippen molar-refractivity contribution in [3.63, 3.8) is 0 Å². The van der Waals surface area contributed by atoms with Gasteiger partial charge in [-0.15, -0.1) is 11.3 Å². The Morgan fingerprint density at radius 1 is 1.40 bits per heavy atom. The number of nitrogens with zero attached hydrogens (tertiary/aromatic N) is 2. The third-order valence-electron chi connectivity index (χ3n) is 3.15. The number of benzene rings is 1. The van der Waals surface area contributed by atoms with Gasteiger partial charge in [-0.2, -0.15) is 0 Å². The quantitative estimate of drug-likeness (QED) is 0.738. The van der Waals surface area contributed by atoms with E-state index < -0.39 is 0 Å². The summed E-state index contributed by atoms with van der Waals surface area (Å²) in [6, 6.07) is 7.57. The van der Waals surface area contributed by atoms with Crippen molar-refractivity contribution < 1.29 is 4.79 Å². The van der Waals surface area contributed by atoms with Gasteiger partial charge in [0.2, 0.25) is 0 Å². The molecule has 1 heterocycles. The second kappa shape index (κ2) is 7.11. The van der Waals surface area contributed by atoms with Crippen molar-refractivity contribution in [1.82, 2.24) is 9.88 Å². The first kappa shape index (κ1) is 15.4. The van der Waals surface area contributed by atoms with Crippen LogP contribution in [0.1, 0.15) is 27.3 Å². The van der Waals surface area contributed by atoms with Gasteiger partial charge in [0.1, 0.15) is 0 Å². The number of aryl methyl sites for hydroxylation is 1. The summed E-state index contributed by atoms with van der Waals surface area (Å²) in [7, 11) is 2.03. The van der Waals surface area contributed by atoms with Crippen LogP contribution in [-0.2, 0) is 6.54 Å². The van der Waals surface area contributed by atoms with Crippen molar-refractivity contribution >= 4 is 33.0 Å². The summed E-state index contributed by atoms with van der Waals surface area (Å²) < 4.78 is 0.867. The fourth-order valence-electron chi connectivity index (χ4n) is 1.92. The Labute approximate surface area is 131 Å². The minimum Gasteiger partial charge on any atom is -0.301 e. The van der Waals surface area contributed by atoms with Gasteiger partial charge in [0.25, 0.3) is 0 Å². The number of hydrogen-bond donors (Lipinski definition) is 0. The van der Waals surface area contributed by atoms with E-state index in [1.165, 1.54) is 4.88 Å². The molecule has 20 heavy (non-hydrogen) atoms. The van der Waals surface area contributed by atoms with Gasteiger partial charge in [-0.25, -0.2) is 4.98 Å². The van der Waals surface area contributed by atoms with Crippen molar-refractivity contribution in [2.45, 2.75) is 19.9 Å². The highest BCUT2D eigenvalue weighted by Gasteiger charge is 2.11. The maximum Gasteiger partial charge on any atom is 0.165 e. The topological polar surface area (TPSA) is 33.2 Å². The largest absolute Gasteiger partial charge is 0.301 e. The molecule has 0 aliphatic carbocycles. The van der Waals surface area contributed by atoms with Crippen molar-refractivity contribution in [2.75, 3.05) is 13.6 Å². The van der Waals surface area contributed by atoms with Gasteiger partial charge in [0, 0.05) is 34.4 Å². The average molecular weight is 353 g/mol. The van der Waals surface area contributed by atoms with Crippen LogP contribution in [0.25, 0.3) is 0 Å². The molecular weight excluding hydrogens is 336 g/mol.